The van der Waals surface area contributed by atoms with Crippen molar-refractivity contribution in [2.24, 2.45) is 5.73 Å². The second-order valence-corrected chi connectivity index (χ2v) is 4.05. The number of primary amides is 1. The molecule has 0 radical (unpaired) electrons. The van der Waals surface area contributed by atoms with Crippen LogP contribution in [0.2, 0.25) is 0 Å². The number of hydrogen-bond donors (Lipinski definition) is 1. The molecule has 0 atom stereocenters. The van der Waals surface area contributed by atoms with Crippen LogP contribution in [0.1, 0.15) is 22.8 Å². The van der Waals surface area contributed by atoms with Crippen LogP contribution in [0.25, 0.3) is 10.8 Å². The van der Waals surface area contributed by atoms with Crippen molar-refractivity contribution in [3.05, 3.63) is 47.5 Å². The maximum absolute atomic E-state index is 11.3. The van der Waals surface area contributed by atoms with E-state index in [1.54, 1.807) is 6.07 Å². The minimum Gasteiger partial charge on any atom is -0.369 e. The lowest BCUT2D eigenvalue weighted by molar-refractivity contribution is -0.117. The number of carbonyl (C=O) groups excluding carboxylic acids is 2. The van der Waals surface area contributed by atoms with Crippen LogP contribution < -0.4 is 5.73 Å². The van der Waals surface area contributed by atoms with Gasteiger partial charge in [0.1, 0.15) is 0 Å². The van der Waals surface area contributed by atoms with Crippen LogP contribution in [0, 0.1) is 0 Å². The second-order valence-electron chi connectivity index (χ2n) is 4.05. The highest BCUT2D eigenvalue weighted by Crippen LogP contribution is 2.21. The third kappa shape index (κ3) is 2.33. The van der Waals surface area contributed by atoms with Crippen LogP contribution in [-0.2, 0) is 11.2 Å². The highest BCUT2D eigenvalue weighted by atomic mass is 16.1. The maximum atomic E-state index is 11.3. The van der Waals surface area contributed by atoms with Gasteiger partial charge in [0.05, 0.1) is 6.42 Å². The standard InChI is InChI=1S/C14H13NO2/c1-9(16)10-5-6-13-11(7-10)3-2-4-12(13)8-14(15)17/h2-7H,8H2,1H3,(H2,15,17). The topological polar surface area (TPSA) is 60.2 Å². The van der Waals surface area contributed by atoms with Crippen molar-refractivity contribution >= 4 is 22.5 Å². The van der Waals surface area contributed by atoms with Crippen LogP contribution >= 0.6 is 0 Å². The van der Waals surface area contributed by atoms with Crippen molar-refractivity contribution in [2.75, 3.05) is 0 Å². The van der Waals surface area contributed by atoms with Crippen LogP contribution in [0.5, 0.6) is 0 Å². The highest BCUT2D eigenvalue weighted by Gasteiger charge is 2.06. The molecule has 0 fully saturated rings. The van der Waals surface area contributed by atoms with Crippen molar-refractivity contribution < 1.29 is 9.59 Å². The first kappa shape index (κ1) is 11.3. The molecule has 2 rings (SSSR count). The predicted octanol–water partition coefficient (Wildman–Crippen LogP) is 2.07. The van der Waals surface area contributed by atoms with Crippen molar-refractivity contribution in [1.29, 1.82) is 0 Å². The Labute approximate surface area is 99.2 Å². The summed E-state index contributed by atoms with van der Waals surface area (Å²) in [7, 11) is 0. The quantitative estimate of drug-likeness (QED) is 0.816. The number of nitrogens with two attached hydrogens (primary N) is 1. The lowest BCUT2D eigenvalue weighted by atomic mass is 9.99. The Morgan fingerprint density at radius 3 is 2.59 bits per heavy atom. The van der Waals surface area contributed by atoms with Crippen LogP contribution in [0.4, 0.5) is 0 Å². The Hall–Kier alpha value is -2.16. The number of ketones is 1. The van der Waals surface area contributed by atoms with Gasteiger partial charge < -0.3 is 5.73 Å². The molecule has 0 unspecified atom stereocenters. The number of carbonyl (C=O) groups is 2. The molecule has 2 aromatic rings. The number of amides is 1. The summed E-state index contributed by atoms with van der Waals surface area (Å²) in [6.07, 6.45) is 0.219. The molecule has 1 amide bonds. The smallest absolute Gasteiger partial charge is 0.221 e. The molecule has 3 nitrogen and oxygen atoms in total. The van der Waals surface area contributed by atoms with E-state index in [0.717, 1.165) is 16.3 Å². The maximum Gasteiger partial charge on any atom is 0.221 e. The van der Waals surface area contributed by atoms with E-state index in [0.29, 0.717) is 5.56 Å². The number of fused-ring (bicyclic) bond motifs is 1. The Morgan fingerprint density at radius 2 is 1.94 bits per heavy atom. The van der Waals surface area contributed by atoms with Crippen molar-refractivity contribution in [3.63, 3.8) is 0 Å². The van der Waals surface area contributed by atoms with Crippen LogP contribution in [0.15, 0.2) is 36.4 Å². The third-order valence-corrected chi connectivity index (χ3v) is 2.74. The zero-order valence-corrected chi connectivity index (χ0v) is 9.57. The lowest BCUT2D eigenvalue weighted by Gasteiger charge is -2.05. The lowest BCUT2D eigenvalue weighted by Crippen LogP contribution is -2.13. The number of benzene rings is 2. The summed E-state index contributed by atoms with van der Waals surface area (Å²) in [5.74, 6) is -0.319. The molecule has 0 heterocycles. The first-order valence-electron chi connectivity index (χ1n) is 5.39. The summed E-state index contributed by atoms with van der Waals surface area (Å²) in [5, 5.41) is 1.92. The zero-order chi connectivity index (χ0) is 12.4. The van der Waals surface area contributed by atoms with Crippen molar-refractivity contribution in [2.45, 2.75) is 13.3 Å². The van der Waals surface area contributed by atoms with Gasteiger partial charge in [-0.15, -0.1) is 0 Å². The summed E-state index contributed by atoms with van der Waals surface area (Å²) in [4.78, 5) is 22.2. The van der Waals surface area contributed by atoms with Gasteiger partial charge in [0, 0.05) is 5.56 Å². The van der Waals surface area contributed by atoms with Gasteiger partial charge in [0.15, 0.2) is 5.78 Å². The Kier molecular flexibility index (Phi) is 2.91. The molecule has 0 aromatic heterocycles. The first-order chi connectivity index (χ1) is 8.08. The van der Waals surface area contributed by atoms with Crippen molar-refractivity contribution in [1.82, 2.24) is 0 Å². The molecule has 0 saturated carbocycles. The van der Waals surface area contributed by atoms with E-state index in [4.69, 9.17) is 5.73 Å². The van der Waals surface area contributed by atoms with Gasteiger partial charge in [0.25, 0.3) is 0 Å². The van der Waals surface area contributed by atoms with E-state index < -0.39 is 0 Å². The van der Waals surface area contributed by atoms with Crippen molar-refractivity contribution in [3.8, 4) is 0 Å². The SMILES string of the molecule is CC(=O)c1ccc2c(CC(N)=O)cccc2c1. The van der Waals surface area contributed by atoms with E-state index in [-0.39, 0.29) is 18.1 Å². The first-order valence-corrected chi connectivity index (χ1v) is 5.39. The fraction of sp³-hybridized carbons (Fsp3) is 0.143. The average Bonchev–Trinajstić information content (AvgIpc) is 2.28. The molecular weight excluding hydrogens is 214 g/mol. The molecule has 86 valence electrons. The minimum absolute atomic E-state index is 0.0344. The number of Topliss-reactive ketones (excluding diaryl/α,β-unsaturated/α-hetero) is 1. The molecule has 0 aliphatic carbocycles. The molecule has 0 bridgehead atoms. The fourth-order valence-corrected chi connectivity index (χ4v) is 1.91. The number of hydrogen-bond acceptors (Lipinski definition) is 2. The summed E-state index contributed by atoms with van der Waals surface area (Å²) >= 11 is 0. The molecule has 3 heteroatoms. The molecule has 2 N–H and O–H groups in total. The number of rotatable bonds is 3. The Bertz CT molecular complexity index is 602. The van der Waals surface area contributed by atoms with E-state index in [2.05, 4.69) is 0 Å². The fourth-order valence-electron chi connectivity index (χ4n) is 1.91. The third-order valence-electron chi connectivity index (χ3n) is 2.74. The van der Waals surface area contributed by atoms with E-state index in [1.807, 2.05) is 30.3 Å². The van der Waals surface area contributed by atoms with Gasteiger partial charge >= 0.3 is 0 Å². The zero-order valence-electron chi connectivity index (χ0n) is 9.57. The van der Waals surface area contributed by atoms with Crippen LogP contribution in [0.3, 0.4) is 0 Å². The Morgan fingerprint density at radius 1 is 1.18 bits per heavy atom. The van der Waals surface area contributed by atoms with Crippen LogP contribution in [-0.4, -0.2) is 11.7 Å². The predicted molar refractivity (Wildman–Crippen MR) is 66.9 cm³/mol. The van der Waals surface area contributed by atoms with Gasteiger partial charge in [-0.2, -0.15) is 0 Å². The Balaban J connectivity index is 2.58. The van der Waals surface area contributed by atoms with Gasteiger partial charge in [-0.1, -0.05) is 30.3 Å². The highest BCUT2D eigenvalue weighted by molar-refractivity contribution is 5.99. The normalized spacial score (nSPS) is 10.4. The van der Waals surface area contributed by atoms with Gasteiger partial charge in [-0.25, -0.2) is 0 Å². The molecule has 2 aromatic carbocycles. The molecule has 0 aliphatic heterocycles. The molecular formula is C14H13NO2. The average molecular weight is 227 g/mol. The second kappa shape index (κ2) is 4.37. The van der Waals surface area contributed by atoms with Gasteiger partial charge in [-0.05, 0) is 29.3 Å². The van der Waals surface area contributed by atoms with Gasteiger partial charge in [0.2, 0.25) is 5.91 Å². The molecule has 17 heavy (non-hydrogen) atoms. The minimum atomic E-state index is -0.354. The summed E-state index contributed by atoms with van der Waals surface area (Å²) in [6, 6.07) is 11.1. The summed E-state index contributed by atoms with van der Waals surface area (Å²) in [6.45, 7) is 1.54. The molecule has 0 saturated heterocycles. The van der Waals surface area contributed by atoms with E-state index in [1.165, 1.54) is 6.92 Å². The van der Waals surface area contributed by atoms with E-state index in [9.17, 15) is 9.59 Å². The summed E-state index contributed by atoms with van der Waals surface area (Å²) in [5.41, 5.74) is 6.77. The molecule has 0 spiro atoms. The van der Waals surface area contributed by atoms with E-state index >= 15 is 0 Å². The largest absolute Gasteiger partial charge is 0.369 e. The monoisotopic (exact) mass is 227 g/mol. The summed E-state index contributed by atoms with van der Waals surface area (Å²) < 4.78 is 0. The molecule has 0 aliphatic rings. The van der Waals surface area contributed by atoms with Gasteiger partial charge in [-0.3, -0.25) is 9.59 Å².